The van der Waals surface area contributed by atoms with Gasteiger partial charge < -0.3 is 0 Å². The van der Waals surface area contributed by atoms with E-state index in [4.69, 9.17) is 0 Å². The smallest absolute Gasteiger partial charge is 0.215 e. The van der Waals surface area contributed by atoms with E-state index in [2.05, 4.69) is 37.0 Å². The van der Waals surface area contributed by atoms with Crippen molar-refractivity contribution in [1.29, 1.82) is 0 Å². The number of halogens is 3. The third-order valence-corrected chi connectivity index (χ3v) is 3.56. The van der Waals surface area contributed by atoms with E-state index in [1.54, 1.807) is 6.07 Å². The van der Waals surface area contributed by atoms with Gasteiger partial charge in [0.25, 0.3) is 0 Å². The zero-order valence-electron chi connectivity index (χ0n) is 9.45. The van der Waals surface area contributed by atoms with E-state index in [1.807, 2.05) is 6.92 Å². The molecular weight excluding hydrogens is 367 g/mol. The third-order valence-electron chi connectivity index (χ3n) is 2.48. The van der Waals surface area contributed by atoms with Gasteiger partial charge in [0.1, 0.15) is 11.5 Å². The van der Waals surface area contributed by atoms with Gasteiger partial charge in [0.2, 0.25) is 5.78 Å². The highest BCUT2D eigenvalue weighted by Gasteiger charge is 2.21. The highest BCUT2D eigenvalue weighted by atomic mass is 79.9. The van der Waals surface area contributed by atoms with Gasteiger partial charge in [0.15, 0.2) is 0 Å². The van der Waals surface area contributed by atoms with Gasteiger partial charge in [-0.2, -0.15) is 5.10 Å². The van der Waals surface area contributed by atoms with Crippen LogP contribution in [-0.2, 0) is 6.54 Å². The van der Waals surface area contributed by atoms with E-state index in [0.29, 0.717) is 21.2 Å². The Bertz CT molecular complexity index is 610. The monoisotopic (exact) mass is 374 g/mol. The van der Waals surface area contributed by atoms with E-state index < -0.39 is 5.82 Å². The van der Waals surface area contributed by atoms with Gasteiger partial charge >= 0.3 is 0 Å². The molecule has 1 aromatic carbocycles. The molecule has 0 spiro atoms. The predicted octanol–water partition coefficient (Wildman–Crippen LogP) is 3.80. The molecule has 3 nitrogen and oxygen atoms in total. The number of aromatic nitrogens is 2. The predicted molar refractivity (Wildman–Crippen MR) is 73.1 cm³/mol. The van der Waals surface area contributed by atoms with Crippen molar-refractivity contribution in [3.05, 3.63) is 50.4 Å². The van der Waals surface area contributed by atoms with Gasteiger partial charge in [-0.25, -0.2) is 4.39 Å². The Labute approximate surface area is 120 Å². The third kappa shape index (κ3) is 2.40. The van der Waals surface area contributed by atoms with Gasteiger partial charge in [-0.05, 0) is 41.1 Å². The number of nitrogens with zero attached hydrogens (tertiary/aromatic N) is 2. The molecule has 0 aliphatic heterocycles. The van der Waals surface area contributed by atoms with Crippen LogP contribution in [0.4, 0.5) is 4.39 Å². The SMILES string of the molecule is CCn1ncc(Br)c1C(=O)c1cc(Br)ccc1F. The molecule has 2 aromatic rings. The Balaban J connectivity index is 2.54. The van der Waals surface area contributed by atoms with E-state index in [-0.39, 0.29) is 11.3 Å². The zero-order valence-corrected chi connectivity index (χ0v) is 12.6. The maximum absolute atomic E-state index is 13.7. The summed E-state index contributed by atoms with van der Waals surface area (Å²) in [6, 6.07) is 4.28. The number of benzene rings is 1. The number of carbonyl (C=O) groups excluding carboxylic acids is 1. The van der Waals surface area contributed by atoms with Crippen molar-refractivity contribution >= 4 is 37.6 Å². The second-order valence-corrected chi connectivity index (χ2v) is 5.38. The highest BCUT2D eigenvalue weighted by Crippen LogP contribution is 2.23. The number of ketones is 1. The van der Waals surface area contributed by atoms with Crippen LogP contribution >= 0.6 is 31.9 Å². The van der Waals surface area contributed by atoms with Crippen LogP contribution in [-0.4, -0.2) is 15.6 Å². The van der Waals surface area contributed by atoms with Crippen molar-refractivity contribution < 1.29 is 9.18 Å². The van der Waals surface area contributed by atoms with Crippen LogP contribution < -0.4 is 0 Å². The Kier molecular flexibility index (Phi) is 3.97. The lowest BCUT2D eigenvalue weighted by molar-refractivity contribution is 0.102. The number of hydrogen-bond acceptors (Lipinski definition) is 2. The minimum atomic E-state index is -0.543. The minimum Gasteiger partial charge on any atom is -0.287 e. The van der Waals surface area contributed by atoms with Crippen LogP contribution in [0.1, 0.15) is 23.0 Å². The number of hydrogen-bond donors (Lipinski definition) is 0. The molecule has 2 rings (SSSR count). The van der Waals surface area contributed by atoms with E-state index in [1.165, 1.54) is 23.0 Å². The molecule has 0 aliphatic rings. The van der Waals surface area contributed by atoms with E-state index in [9.17, 15) is 9.18 Å². The normalized spacial score (nSPS) is 10.7. The lowest BCUT2D eigenvalue weighted by atomic mass is 10.1. The molecule has 6 heteroatoms. The lowest BCUT2D eigenvalue weighted by Crippen LogP contribution is -2.12. The van der Waals surface area contributed by atoms with Crippen molar-refractivity contribution in [1.82, 2.24) is 9.78 Å². The molecule has 0 fully saturated rings. The van der Waals surface area contributed by atoms with Crippen LogP contribution in [0.5, 0.6) is 0 Å². The van der Waals surface area contributed by atoms with Crippen LogP contribution in [0.3, 0.4) is 0 Å². The van der Waals surface area contributed by atoms with Gasteiger partial charge in [-0.1, -0.05) is 15.9 Å². The maximum Gasteiger partial charge on any atom is 0.215 e. The minimum absolute atomic E-state index is 0.0280. The molecule has 0 atom stereocenters. The zero-order chi connectivity index (χ0) is 13.3. The molecule has 0 N–H and O–H groups in total. The molecule has 0 unspecified atom stereocenters. The first kappa shape index (κ1) is 13.4. The Morgan fingerprint density at radius 2 is 2.17 bits per heavy atom. The molecule has 0 radical (unpaired) electrons. The first-order chi connectivity index (χ1) is 8.54. The summed E-state index contributed by atoms with van der Waals surface area (Å²) in [5, 5.41) is 4.05. The van der Waals surface area contributed by atoms with E-state index in [0.717, 1.165) is 0 Å². The fourth-order valence-electron chi connectivity index (χ4n) is 1.63. The van der Waals surface area contributed by atoms with Gasteiger partial charge in [0, 0.05) is 11.0 Å². The molecule has 0 aliphatic carbocycles. The van der Waals surface area contributed by atoms with Crippen molar-refractivity contribution in [3.8, 4) is 0 Å². The quantitative estimate of drug-likeness (QED) is 0.765. The van der Waals surface area contributed by atoms with Crippen LogP contribution in [0.2, 0.25) is 0 Å². The first-order valence-electron chi connectivity index (χ1n) is 5.25. The molecule has 0 bridgehead atoms. The summed E-state index contributed by atoms with van der Waals surface area (Å²) < 4.78 is 16.4. The average molecular weight is 376 g/mol. The molecule has 94 valence electrons. The fraction of sp³-hybridized carbons (Fsp3) is 0.167. The molecule has 18 heavy (non-hydrogen) atoms. The topological polar surface area (TPSA) is 34.9 Å². The van der Waals surface area contributed by atoms with Gasteiger partial charge in [-0.3, -0.25) is 9.48 Å². The van der Waals surface area contributed by atoms with Crippen molar-refractivity contribution in [3.63, 3.8) is 0 Å². The van der Waals surface area contributed by atoms with Crippen molar-refractivity contribution in [2.45, 2.75) is 13.5 Å². The van der Waals surface area contributed by atoms with Crippen LogP contribution in [0.25, 0.3) is 0 Å². The van der Waals surface area contributed by atoms with Crippen molar-refractivity contribution in [2.75, 3.05) is 0 Å². The Morgan fingerprint density at radius 3 is 2.83 bits per heavy atom. The number of aryl methyl sites for hydroxylation is 1. The second kappa shape index (κ2) is 5.32. The molecule has 0 saturated carbocycles. The molecule has 1 heterocycles. The lowest BCUT2D eigenvalue weighted by Gasteiger charge is -2.06. The van der Waals surface area contributed by atoms with Crippen LogP contribution in [0.15, 0.2) is 33.3 Å². The van der Waals surface area contributed by atoms with Gasteiger partial charge in [-0.15, -0.1) is 0 Å². The Morgan fingerprint density at radius 1 is 1.44 bits per heavy atom. The Hall–Kier alpha value is -1.01. The van der Waals surface area contributed by atoms with Crippen molar-refractivity contribution in [2.24, 2.45) is 0 Å². The molecule has 0 saturated heterocycles. The maximum atomic E-state index is 13.7. The molecule has 1 aromatic heterocycles. The number of carbonyl (C=O) groups is 1. The highest BCUT2D eigenvalue weighted by molar-refractivity contribution is 9.10. The first-order valence-corrected chi connectivity index (χ1v) is 6.84. The standard InChI is InChI=1S/C12H9Br2FN2O/c1-2-17-11(9(14)6-16-17)12(18)8-5-7(13)3-4-10(8)15/h3-6H,2H2,1H3. The summed E-state index contributed by atoms with van der Waals surface area (Å²) in [6.45, 7) is 2.41. The fourth-order valence-corrected chi connectivity index (χ4v) is 2.46. The molecule has 0 amide bonds. The average Bonchev–Trinajstić information content (AvgIpc) is 2.72. The van der Waals surface area contributed by atoms with E-state index >= 15 is 0 Å². The largest absolute Gasteiger partial charge is 0.287 e. The summed E-state index contributed by atoms with van der Waals surface area (Å²) >= 11 is 6.49. The van der Waals surface area contributed by atoms with Crippen LogP contribution in [0, 0.1) is 5.82 Å². The summed E-state index contributed by atoms with van der Waals surface area (Å²) in [5.74, 6) is -0.932. The van der Waals surface area contributed by atoms with Gasteiger partial charge in [0.05, 0.1) is 16.2 Å². The second-order valence-electron chi connectivity index (χ2n) is 3.61. The summed E-state index contributed by atoms with van der Waals surface area (Å²) in [5.41, 5.74) is 0.384. The summed E-state index contributed by atoms with van der Waals surface area (Å²) in [7, 11) is 0. The number of rotatable bonds is 3. The molecular formula is C12H9Br2FN2O. The summed E-state index contributed by atoms with van der Waals surface area (Å²) in [4.78, 5) is 12.3. The summed E-state index contributed by atoms with van der Waals surface area (Å²) in [6.07, 6.45) is 1.53.